The summed E-state index contributed by atoms with van der Waals surface area (Å²) in [5.74, 6) is 0. The van der Waals surface area contributed by atoms with Crippen LogP contribution in [0.4, 0.5) is 0 Å². The van der Waals surface area contributed by atoms with Crippen LogP contribution in [-0.2, 0) is 5.66 Å². The van der Waals surface area contributed by atoms with Gasteiger partial charge in [0, 0.05) is 0 Å². The summed E-state index contributed by atoms with van der Waals surface area (Å²) in [5.41, 5.74) is 22.8. The van der Waals surface area contributed by atoms with Crippen molar-refractivity contribution in [3.05, 3.63) is 203 Å². The van der Waals surface area contributed by atoms with Crippen molar-refractivity contribution in [1.82, 2.24) is 10.6 Å². The number of aryl methyl sites for hydroxylation is 3. The largest absolute Gasteiger partial charge is 0.312 e. The van der Waals surface area contributed by atoms with Gasteiger partial charge in [-0.25, -0.2) is 0 Å². The van der Waals surface area contributed by atoms with Gasteiger partial charge in [0.25, 0.3) is 0 Å². The Labute approximate surface area is 302 Å². The van der Waals surface area contributed by atoms with Crippen molar-refractivity contribution < 1.29 is 0 Å². The van der Waals surface area contributed by atoms with Crippen LogP contribution in [0.25, 0.3) is 44.5 Å². The molecule has 0 saturated heterocycles. The highest BCUT2D eigenvalue weighted by Gasteiger charge is 2.34. The molecule has 3 nitrogen and oxygen atoms in total. The van der Waals surface area contributed by atoms with E-state index in [9.17, 15) is 0 Å². The molecule has 0 spiro atoms. The van der Waals surface area contributed by atoms with Crippen molar-refractivity contribution in [2.45, 2.75) is 32.6 Å². The second kappa shape index (κ2) is 14.7. The quantitative estimate of drug-likeness (QED) is 0.128. The van der Waals surface area contributed by atoms with Crippen LogP contribution in [0, 0.1) is 20.8 Å². The van der Waals surface area contributed by atoms with Gasteiger partial charge in [0.2, 0.25) is 0 Å². The van der Waals surface area contributed by atoms with Gasteiger partial charge in [-0.1, -0.05) is 151 Å². The first kappa shape index (κ1) is 33.9. The zero-order valence-corrected chi connectivity index (χ0v) is 29.8. The fraction of sp³-hybridized carbons (Fsp3) is 0.125. The lowest BCUT2D eigenvalue weighted by Gasteiger charge is -2.38. The Morgan fingerprint density at radius 3 is 1.51 bits per heavy atom. The zero-order chi connectivity index (χ0) is 35.4. The molecule has 7 aromatic rings. The molecule has 0 aromatic heterocycles. The van der Waals surface area contributed by atoms with Gasteiger partial charge < -0.3 is 5.73 Å². The molecule has 4 N–H and O–H groups in total. The maximum Gasteiger partial charge on any atom is 0.123 e. The summed E-state index contributed by atoms with van der Waals surface area (Å²) in [6.07, 6.45) is -0.478. The molecule has 3 heteroatoms. The van der Waals surface area contributed by atoms with E-state index < -0.39 is 11.8 Å². The van der Waals surface area contributed by atoms with Gasteiger partial charge in [-0.15, -0.1) is 0 Å². The predicted molar refractivity (Wildman–Crippen MR) is 215 cm³/mol. The van der Waals surface area contributed by atoms with E-state index in [2.05, 4.69) is 195 Å². The molecule has 0 aliphatic carbocycles. The Balaban J connectivity index is 1.23. The third-order valence-electron chi connectivity index (χ3n) is 10.1. The summed E-state index contributed by atoms with van der Waals surface area (Å²) in [7, 11) is 1.99. The lowest BCUT2D eigenvalue weighted by Crippen LogP contribution is -2.56. The summed E-state index contributed by atoms with van der Waals surface area (Å²) in [5, 5.41) is 7.51. The standard InChI is InChI=1S/C48H45N3/c1-33-13-8-14-36(27-33)37-15-9-17-39(29-37)42-20-12-24-46(32-42)48(50-4,45-22-6-5-7-23-45)51-47(49)44-21-11-19-41(31-44)38-16-10-18-40(30-38)43-26-25-34(2)35(3)28-43/h5-32,47,50-51H,49H2,1-4H3. The number of nitrogens with two attached hydrogens (primary N) is 1. The maximum absolute atomic E-state index is 7.12. The van der Waals surface area contributed by atoms with Crippen LogP contribution in [0.3, 0.4) is 0 Å². The topological polar surface area (TPSA) is 50.1 Å². The molecule has 252 valence electrons. The lowest BCUT2D eigenvalue weighted by molar-refractivity contribution is 0.302. The molecule has 0 fully saturated rings. The van der Waals surface area contributed by atoms with Gasteiger partial charge in [-0.2, -0.15) is 0 Å². The number of hydrogen-bond donors (Lipinski definition) is 3. The fourth-order valence-electron chi connectivity index (χ4n) is 7.04. The van der Waals surface area contributed by atoms with E-state index in [-0.39, 0.29) is 0 Å². The van der Waals surface area contributed by atoms with Crippen molar-refractivity contribution in [2.24, 2.45) is 5.73 Å². The second-order valence-corrected chi connectivity index (χ2v) is 13.5. The Bertz CT molecular complexity index is 2290. The molecule has 0 aliphatic rings. The highest BCUT2D eigenvalue weighted by atomic mass is 15.2. The van der Waals surface area contributed by atoms with Crippen molar-refractivity contribution in [2.75, 3.05) is 7.05 Å². The highest BCUT2D eigenvalue weighted by Crippen LogP contribution is 2.35. The van der Waals surface area contributed by atoms with Crippen LogP contribution < -0.4 is 16.4 Å². The third-order valence-corrected chi connectivity index (χ3v) is 10.1. The molecule has 2 atom stereocenters. The van der Waals surface area contributed by atoms with Gasteiger partial charge in [0.05, 0.1) is 6.17 Å². The van der Waals surface area contributed by atoms with Gasteiger partial charge in [0.1, 0.15) is 5.66 Å². The van der Waals surface area contributed by atoms with E-state index in [1.807, 2.05) is 13.1 Å². The van der Waals surface area contributed by atoms with Crippen LogP contribution in [0.2, 0.25) is 0 Å². The van der Waals surface area contributed by atoms with E-state index in [1.165, 1.54) is 38.9 Å². The van der Waals surface area contributed by atoms with Crippen molar-refractivity contribution >= 4 is 0 Å². The fourth-order valence-corrected chi connectivity index (χ4v) is 7.04. The Hall–Kier alpha value is -5.58. The summed E-state index contributed by atoms with van der Waals surface area (Å²) in [6.45, 7) is 6.46. The Kier molecular flexibility index (Phi) is 9.78. The van der Waals surface area contributed by atoms with E-state index in [4.69, 9.17) is 5.73 Å². The molecular weight excluding hydrogens is 619 g/mol. The molecule has 0 bridgehead atoms. The van der Waals surface area contributed by atoms with Gasteiger partial charge >= 0.3 is 0 Å². The molecule has 51 heavy (non-hydrogen) atoms. The van der Waals surface area contributed by atoms with Gasteiger partial charge in [-0.3, -0.25) is 10.6 Å². The van der Waals surface area contributed by atoms with Crippen LogP contribution >= 0.6 is 0 Å². The number of benzene rings is 7. The SMILES string of the molecule is CNC(NC(N)c1cccc(-c2cccc(-c3ccc(C)c(C)c3)c2)c1)(c1ccccc1)c1cccc(-c2cccc(-c3cccc(C)c3)c2)c1. The molecule has 7 aromatic carbocycles. The molecule has 0 saturated carbocycles. The number of nitrogens with one attached hydrogen (secondary N) is 2. The lowest BCUT2D eigenvalue weighted by atomic mass is 9.88. The van der Waals surface area contributed by atoms with E-state index in [0.29, 0.717) is 0 Å². The first-order valence-corrected chi connectivity index (χ1v) is 17.7. The molecule has 0 aliphatic heterocycles. The first-order chi connectivity index (χ1) is 24.8. The summed E-state index contributed by atoms with van der Waals surface area (Å²) >= 11 is 0. The summed E-state index contributed by atoms with van der Waals surface area (Å²) in [4.78, 5) is 0. The smallest absolute Gasteiger partial charge is 0.123 e. The Morgan fingerprint density at radius 1 is 0.431 bits per heavy atom. The molecule has 2 unspecified atom stereocenters. The maximum atomic E-state index is 7.12. The summed E-state index contributed by atoms with van der Waals surface area (Å²) in [6, 6.07) is 60.7. The average molecular weight is 664 g/mol. The van der Waals surface area contributed by atoms with Gasteiger partial charge in [-0.05, 0) is 124 Å². The number of rotatable bonds is 10. The van der Waals surface area contributed by atoms with E-state index >= 15 is 0 Å². The monoisotopic (exact) mass is 663 g/mol. The Morgan fingerprint density at radius 2 is 0.922 bits per heavy atom. The van der Waals surface area contributed by atoms with Crippen molar-refractivity contribution in [3.8, 4) is 44.5 Å². The van der Waals surface area contributed by atoms with E-state index in [1.54, 1.807) is 0 Å². The van der Waals surface area contributed by atoms with Crippen LogP contribution in [-0.4, -0.2) is 7.05 Å². The van der Waals surface area contributed by atoms with Crippen LogP contribution in [0.1, 0.15) is 39.5 Å². The van der Waals surface area contributed by atoms with Crippen molar-refractivity contribution in [1.29, 1.82) is 0 Å². The van der Waals surface area contributed by atoms with Crippen LogP contribution in [0.15, 0.2) is 170 Å². The minimum Gasteiger partial charge on any atom is -0.312 e. The van der Waals surface area contributed by atoms with Gasteiger partial charge in [0.15, 0.2) is 0 Å². The average Bonchev–Trinajstić information content (AvgIpc) is 3.18. The summed E-state index contributed by atoms with van der Waals surface area (Å²) < 4.78 is 0. The van der Waals surface area contributed by atoms with E-state index in [0.717, 1.165) is 38.9 Å². The normalized spacial score (nSPS) is 13.0. The second-order valence-electron chi connectivity index (χ2n) is 13.5. The zero-order valence-electron chi connectivity index (χ0n) is 29.8. The molecule has 0 radical (unpaired) electrons. The molecule has 0 amide bonds. The van der Waals surface area contributed by atoms with Crippen LogP contribution in [0.5, 0.6) is 0 Å². The van der Waals surface area contributed by atoms with Crippen molar-refractivity contribution in [3.63, 3.8) is 0 Å². The minimum absolute atomic E-state index is 0.478. The minimum atomic E-state index is -0.774. The number of hydrogen-bond acceptors (Lipinski definition) is 3. The highest BCUT2D eigenvalue weighted by molar-refractivity contribution is 5.75. The first-order valence-electron chi connectivity index (χ1n) is 17.7. The molecule has 0 heterocycles. The predicted octanol–water partition coefficient (Wildman–Crippen LogP) is 10.9. The third kappa shape index (κ3) is 7.19. The molecular formula is C48H45N3. The molecule has 7 rings (SSSR count).